The zero-order valence-electron chi connectivity index (χ0n) is 8.20. The van der Waals surface area contributed by atoms with E-state index in [1.165, 1.54) is 0 Å². The topological polar surface area (TPSA) is 56.2 Å². The summed E-state index contributed by atoms with van der Waals surface area (Å²) in [6.07, 6.45) is 0. The molecule has 0 radical (unpaired) electrons. The second kappa shape index (κ2) is 3.15. The van der Waals surface area contributed by atoms with Gasteiger partial charge in [0.1, 0.15) is 0 Å². The minimum atomic E-state index is -1.41. The molecule has 0 saturated heterocycles. The van der Waals surface area contributed by atoms with Crippen molar-refractivity contribution in [2.45, 2.75) is 13.8 Å². The lowest BCUT2D eigenvalue weighted by molar-refractivity contribution is 0.426. The summed E-state index contributed by atoms with van der Waals surface area (Å²) < 4.78 is 0. The number of H-pyrrole nitrogens is 1. The predicted octanol–water partition coefficient (Wildman–Crippen LogP) is 0.465. The first kappa shape index (κ1) is 9.31. The molecule has 2 aromatic rings. The first-order valence-corrected chi connectivity index (χ1v) is 4.55. The molecule has 1 aromatic carbocycles. The van der Waals surface area contributed by atoms with Gasteiger partial charge in [-0.15, -0.1) is 0 Å². The lowest BCUT2D eigenvalue weighted by Crippen LogP contribution is -2.30. The molecule has 0 aliphatic rings. The van der Waals surface area contributed by atoms with Gasteiger partial charge in [0, 0.05) is 16.6 Å². The Bertz CT molecular complexity index is 476. The molecule has 0 aliphatic carbocycles. The number of aromatic amines is 1. The molecule has 3 nitrogen and oxygen atoms in total. The van der Waals surface area contributed by atoms with Gasteiger partial charge < -0.3 is 15.0 Å². The highest BCUT2D eigenvalue weighted by Gasteiger charge is 2.17. The molecule has 0 unspecified atom stereocenters. The molecule has 0 spiro atoms. The fraction of sp³-hybridized carbons (Fsp3) is 0.200. The van der Waals surface area contributed by atoms with E-state index in [1.807, 2.05) is 26.0 Å². The van der Waals surface area contributed by atoms with E-state index in [0.29, 0.717) is 5.46 Å². The molecule has 72 valence electrons. The normalized spacial score (nSPS) is 10.9. The quantitative estimate of drug-likeness (QED) is 0.571. The molecule has 0 saturated carbocycles. The molecule has 1 heterocycles. The van der Waals surface area contributed by atoms with Gasteiger partial charge in [-0.25, -0.2) is 0 Å². The van der Waals surface area contributed by atoms with Crippen LogP contribution in [0.3, 0.4) is 0 Å². The van der Waals surface area contributed by atoms with Crippen molar-refractivity contribution >= 4 is 23.5 Å². The number of hydrogen-bond acceptors (Lipinski definition) is 2. The number of rotatable bonds is 1. The van der Waals surface area contributed by atoms with Crippen molar-refractivity contribution in [3.8, 4) is 0 Å². The monoisotopic (exact) mass is 189 g/mol. The van der Waals surface area contributed by atoms with Crippen LogP contribution in [0, 0.1) is 13.8 Å². The Morgan fingerprint density at radius 3 is 2.57 bits per heavy atom. The third kappa shape index (κ3) is 1.23. The van der Waals surface area contributed by atoms with E-state index in [2.05, 4.69) is 4.98 Å². The highest BCUT2D eigenvalue weighted by Crippen LogP contribution is 2.19. The van der Waals surface area contributed by atoms with E-state index in [4.69, 9.17) is 0 Å². The molecule has 0 atom stereocenters. The van der Waals surface area contributed by atoms with Crippen molar-refractivity contribution in [2.24, 2.45) is 0 Å². The number of nitrogens with one attached hydrogen (secondary N) is 1. The zero-order valence-corrected chi connectivity index (χ0v) is 8.20. The SMILES string of the molecule is Cc1[nH]c2cccc(B(O)O)c2c1C. The molecule has 0 fully saturated rings. The minimum absolute atomic E-state index is 0.560. The highest BCUT2D eigenvalue weighted by atomic mass is 16.4. The third-order valence-corrected chi connectivity index (χ3v) is 2.63. The average molecular weight is 189 g/mol. The summed E-state index contributed by atoms with van der Waals surface area (Å²) in [6.45, 7) is 3.95. The highest BCUT2D eigenvalue weighted by molar-refractivity contribution is 6.62. The Balaban J connectivity index is 2.84. The van der Waals surface area contributed by atoms with Crippen LogP contribution in [0.25, 0.3) is 10.9 Å². The summed E-state index contributed by atoms with van der Waals surface area (Å²) in [5.74, 6) is 0. The zero-order chi connectivity index (χ0) is 10.3. The Morgan fingerprint density at radius 1 is 1.21 bits per heavy atom. The first-order chi connectivity index (χ1) is 6.61. The van der Waals surface area contributed by atoms with Gasteiger partial charge in [-0.2, -0.15) is 0 Å². The molecule has 2 rings (SSSR count). The Hall–Kier alpha value is -1.26. The van der Waals surface area contributed by atoms with Gasteiger partial charge in [-0.05, 0) is 30.9 Å². The average Bonchev–Trinajstić information content (AvgIpc) is 2.43. The predicted molar refractivity (Wildman–Crippen MR) is 57.6 cm³/mol. The number of fused-ring (bicyclic) bond motifs is 1. The summed E-state index contributed by atoms with van der Waals surface area (Å²) >= 11 is 0. The maximum atomic E-state index is 9.20. The maximum Gasteiger partial charge on any atom is 0.489 e. The van der Waals surface area contributed by atoms with Crippen molar-refractivity contribution in [1.29, 1.82) is 0 Å². The second-order valence-corrected chi connectivity index (χ2v) is 3.52. The van der Waals surface area contributed by atoms with E-state index < -0.39 is 7.12 Å². The van der Waals surface area contributed by atoms with Crippen LogP contribution in [0.1, 0.15) is 11.3 Å². The van der Waals surface area contributed by atoms with Gasteiger partial charge in [0.15, 0.2) is 0 Å². The van der Waals surface area contributed by atoms with E-state index in [0.717, 1.165) is 22.2 Å². The molecule has 0 bridgehead atoms. The Morgan fingerprint density at radius 2 is 1.93 bits per heavy atom. The van der Waals surface area contributed by atoms with Crippen LogP contribution in [0.15, 0.2) is 18.2 Å². The maximum absolute atomic E-state index is 9.20. The van der Waals surface area contributed by atoms with Crippen LogP contribution < -0.4 is 5.46 Å². The smallest absolute Gasteiger partial charge is 0.423 e. The molecule has 0 amide bonds. The van der Waals surface area contributed by atoms with Gasteiger partial charge in [-0.1, -0.05) is 12.1 Å². The van der Waals surface area contributed by atoms with Gasteiger partial charge in [0.2, 0.25) is 0 Å². The van der Waals surface area contributed by atoms with Crippen LogP contribution >= 0.6 is 0 Å². The van der Waals surface area contributed by atoms with Gasteiger partial charge in [-0.3, -0.25) is 0 Å². The largest absolute Gasteiger partial charge is 0.489 e. The third-order valence-electron chi connectivity index (χ3n) is 2.63. The first-order valence-electron chi connectivity index (χ1n) is 4.55. The van der Waals surface area contributed by atoms with Crippen LogP contribution in [0.5, 0.6) is 0 Å². The summed E-state index contributed by atoms with van der Waals surface area (Å²) in [5, 5.41) is 19.3. The van der Waals surface area contributed by atoms with E-state index in [9.17, 15) is 10.0 Å². The van der Waals surface area contributed by atoms with Crippen molar-refractivity contribution < 1.29 is 10.0 Å². The molecule has 4 heteroatoms. The van der Waals surface area contributed by atoms with E-state index in [1.54, 1.807) is 6.07 Å². The molecule has 3 N–H and O–H groups in total. The summed E-state index contributed by atoms with van der Waals surface area (Å²) in [7, 11) is -1.41. The van der Waals surface area contributed by atoms with Crippen molar-refractivity contribution in [3.63, 3.8) is 0 Å². The molecule has 14 heavy (non-hydrogen) atoms. The van der Waals surface area contributed by atoms with Gasteiger partial charge in [0.25, 0.3) is 0 Å². The summed E-state index contributed by atoms with van der Waals surface area (Å²) in [4.78, 5) is 3.20. The Kier molecular flexibility index (Phi) is 2.09. The number of benzene rings is 1. The minimum Gasteiger partial charge on any atom is -0.423 e. The van der Waals surface area contributed by atoms with Crippen LogP contribution in [0.2, 0.25) is 0 Å². The summed E-state index contributed by atoms with van der Waals surface area (Å²) in [5.41, 5.74) is 3.65. The fourth-order valence-electron chi connectivity index (χ4n) is 1.79. The molecular formula is C10H12BNO2. The van der Waals surface area contributed by atoms with Crippen molar-refractivity contribution in [1.82, 2.24) is 4.98 Å². The van der Waals surface area contributed by atoms with Crippen LogP contribution in [-0.4, -0.2) is 22.2 Å². The lowest BCUT2D eigenvalue weighted by Gasteiger charge is -2.02. The van der Waals surface area contributed by atoms with Gasteiger partial charge >= 0.3 is 7.12 Å². The van der Waals surface area contributed by atoms with E-state index >= 15 is 0 Å². The Labute approximate surface area is 82.5 Å². The van der Waals surface area contributed by atoms with Crippen LogP contribution in [-0.2, 0) is 0 Å². The molecule has 0 aliphatic heterocycles. The number of hydrogen-bond donors (Lipinski definition) is 3. The lowest BCUT2D eigenvalue weighted by atomic mass is 9.77. The second-order valence-electron chi connectivity index (χ2n) is 3.52. The van der Waals surface area contributed by atoms with Crippen LogP contribution in [0.4, 0.5) is 0 Å². The number of aromatic nitrogens is 1. The van der Waals surface area contributed by atoms with Gasteiger partial charge in [0.05, 0.1) is 0 Å². The standard InChI is InChI=1S/C10H12BNO2/c1-6-7(2)12-9-5-3-4-8(10(6)9)11(13)14/h3-5,12-14H,1-2H3. The molecule has 1 aromatic heterocycles. The van der Waals surface area contributed by atoms with Crippen molar-refractivity contribution in [3.05, 3.63) is 29.5 Å². The summed E-state index contributed by atoms with van der Waals surface area (Å²) in [6, 6.07) is 5.47. The van der Waals surface area contributed by atoms with Crippen molar-refractivity contribution in [2.75, 3.05) is 0 Å². The number of aryl methyl sites for hydroxylation is 2. The molecular weight excluding hydrogens is 177 g/mol. The van der Waals surface area contributed by atoms with E-state index in [-0.39, 0.29) is 0 Å². The fourth-order valence-corrected chi connectivity index (χ4v) is 1.79.